The first-order valence-electron chi connectivity index (χ1n) is 7.86. The van der Waals surface area contributed by atoms with Gasteiger partial charge in [0.15, 0.2) is 0 Å². The van der Waals surface area contributed by atoms with E-state index in [1.807, 2.05) is 22.6 Å². The number of nitrogens with zero attached hydrogens (tertiary/aromatic N) is 3. The van der Waals surface area contributed by atoms with Crippen LogP contribution in [0, 0.1) is 13.7 Å². The zero-order chi connectivity index (χ0) is 18.8. The number of non-ortho nitro benzene ring substituents is 1. The van der Waals surface area contributed by atoms with Gasteiger partial charge in [-0.2, -0.15) is 0 Å². The van der Waals surface area contributed by atoms with E-state index in [-0.39, 0.29) is 23.4 Å². The lowest BCUT2D eigenvalue weighted by atomic mass is 10.0. The van der Waals surface area contributed by atoms with Gasteiger partial charge < -0.3 is 4.90 Å². The second-order valence-electron chi connectivity index (χ2n) is 5.86. The number of halogens is 1. The molecular weight excluding hydrogens is 461 g/mol. The van der Waals surface area contributed by atoms with Gasteiger partial charge in [-0.25, -0.2) is 12.7 Å². The van der Waals surface area contributed by atoms with Crippen molar-refractivity contribution < 1.29 is 18.1 Å². The Bertz CT molecular complexity index is 775. The third kappa shape index (κ3) is 4.47. The molecule has 0 aliphatic carbocycles. The molecule has 1 aliphatic heterocycles. The summed E-state index contributed by atoms with van der Waals surface area (Å²) in [6.07, 6.45) is 1.10. The van der Waals surface area contributed by atoms with E-state index in [2.05, 4.69) is 0 Å². The first-order valence-corrected chi connectivity index (χ1v) is 10.5. The maximum Gasteiger partial charge on any atom is 0.270 e. The molecule has 0 atom stereocenters. The summed E-state index contributed by atoms with van der Waals surface area (Å²) in [5.74, 6) is -0.207. The Kier molecular flexibility index (Phi) is 6.38. The lowest BCUT2D eigenvalue weighted by molar-refractivity contribution is -0.384. The molecule has 0 radical (unpaired) electrons. The van der Waals surface area contributed by atoms with Crippen molar-refractivity contribution in [1.82, 2.24) is 9.21 Å². The Morgan fingerprint density at radius 3 is 2.52 bits per heavy atom. The highest BCUT2D eigenvalue weighted by Gasteiger charge is 2.31. The fourth-order valence-electron chi connectivity index (χ4n) is 2.82. The summed E-state index contributed by atoms with van der Waals surface area (Å²) in [4.78, 5) is 24.7. The van der Waals surface area contributed by atoms with Crippen molar-refractivity contribution in [2.75, 3.05) is 25.9 Å². The van der Waals surface area contributed by atoms with E-state index in [1.165, 1.54) is 16.4 Å². The number of carbonyl (C=O) groups excluding carboxylic acids is 1. The molecule has 25 heavy (non-hydrogen) atoms. The highest BCUT2D eigenvalue weighted by atomic mass is 127. The summed E-state index contributed by atoms with van der Waals surface area (Å²) < 4.78 is 26.0. The molecule has 1 saturated heterocycles. The maximum absolute atomic E-state index is 12.7. The van der Waals surface area contributed by atoms with Crippen LogP contribution in [0.25, 0.3) is 0 Å². The van der Waals surface area contributed by atoms with Gasteiger partial charge >= 0.3 is 0 Å². The van der Waals surface area contributed by atoms with Crippen molar-refractivity contribution in [3.8, 4) is 0 Å². The molecule has 0 bridgehead atoms. The highest BCUT2D eigenvalue weighted by molar-refractivity contribution is 14.1. The molecule has 0 N–H and O–H groups in total. The Balaban J connectivity index is 2.10. The maximum atomic E-state index is 12.7. The van der Waals surface area contributed by atoms with Crippen molar-refractivity contribution in [2.45, 2.75) is 25.8 Å². The van der Waals surface area contributed by atoms with E-state index in [1.54, 1.807) is 24.9 Å². The van der Waals surface area contributed by atoms with E-state index in [0.717, 1.165) is 0 Å². The van der Waals surface area contributed by atoms with Crippen LogP contribution in [0.15, 0.2) is 18.2 Å². The Morgan fingerprint density at radius 2 is 2.00 bits per heavy atom. The van der Waals surface area contributed by atoms with E-state index in [9.17, 15) is 23.3 Å². The number of rotatable bonds is 5. The van der Waals surface area contributed by atoms with E-state index < -0.39 is 14.9 Å². The average Bonchev–Trinajstić information content (AvgIpc) is 2.60. The normalized spacial score (nSPS) is 16.2. The summed E-state index contributed by atoms with van der Waals surface area (Å²) in [6, 6.07) is 4.10. The zero-order valence-corrected chi connectivity index (χ0v) is 17.0. The monoisotopic (exact) mass is 481 g/mol. The lowest BCUT2D eigenvalue weighted by Crippen LogP contribution is -2.47. The summed E-state index contributed by atoms with van der Waals surface area (Å²) in [5, 5.41) is 10.9. The molecule has 138 valence electrons. The number of sulfonamides is 1. The summed E-state index contributed by atoms with van der Waals surface area (Å²) in [5.41, 5.74) is 0.190. The van der Waals surface area contributed by atoms with E-state index >= 15 is 0 Å². The van der Waals surface area contributed by atoms with Gasteiger partial charge in [0, 0.05) is 41.9 Å². The minimum Gasteiger partial charge on any atom is -0.338 e. The summed E-state index contributed by atoms with van der Waals surface area (Å²) in [7, 11) is -1.68. The molecule has 0 saturated carbocycles. The molecular formula is C15H20IN3O5S. The molecule has 1 aliphatic rings. The minimum atomic E-state index is -3.26. The van der Waals surface area contributed by atoms with Crippen LogP contribution >= 0.6 is 22.6 Å². The smallest absolute Gasteiger partial charge is 0.270 e. The van der Waals surface area contributed by atoms with Crippen LogP contribution in [0.1, 0.15) is 30.1 Å². The molecule has 1 amide bonds. The topological polar surface area (TPSA) is 101 Å². The molecule has 8 nitrogen and oxygen atoms in total. The largest absolute Gasteiger partial charge is 0.338 e. The number of hydrogen-bond acceptors (Lipinski definition) is 5. The number of piperidine rings is 1. The number of carbonyl (C=O) groups is 1. The van der Waals surface area contributed by atoms with Crippen LogP contribution in [-0.2, 0) is 10.0 Å². The second-order valence-corrected chi connectivity index (χ2v) is 9.34. The molecule has 1 fully saturated rings. The second kappa shape index (κ2) is 7.96. The van der Waals surface area contributed by atoms with Gasteiger partial charge in [-0.3, -0.25) is 14.9 Å². The van der Waals surface area contributed by atoms with Crippen molar-refractivity contribution >= 4 is 44.2 Å². The molecule has 1 heterocycles. The summed E-state index contributed by atoms with van der Waals surface area (Å²) in [6.45, 7) is 2.45. The predicted octanol–water partition coefficient (Wildman–Crippen LogP) is 2.09. The van der Waals surface area contributed by atoms with Crippen molar-refractivity contribution in [3.63, 3.8) is 0 Å². The third-order valence-corrected chi connectivity index (χ3v) is 7.31. The number of hydrogen-bond donors (Lipinski definition) is 0. The van der Waals surface area contributed by atoms with Crippen LogP contribution < -0.4 is 0 Å². The van der Waals surface area contributed by atoms with Crippen molar-refractivity contribution in [3.05, 3.63) is 37.4 Å². The van der Waals surface area contributed by atoms with Gasteiger partial charge in [-0.15, -0.1) is 0 Å². The fraction of sp³-hybridized carbons (Fsp3) is 0.533. The summed E-state index contributed by atoms with van der Waals surface area (Å²) >= 11 is 1.98. The molecule has 0 aromatic heterocycles. The van der Waals surface area contributed by atoms with E-state index in [0.29, 0.717) is 35.1 Å². The van der Waals surface area contributed by atoms with Gasteiger partial charge in [0.2, 0.25) is 10.0 Å². The Hall–Kier alpha value is -1.27. The van der Waals surface area contributed by atoms with Crippen molar-refractivity contribution in [2.24, 2.45) is 0 Å². The number of amides is 1. The van der Waals surface area contributed by atoms with Crippen LogP contribution in [0.2, 0.25) is 0 Å². The predicted molar refractivity (Wildman–Crippen MR) is 102 cm³/mol. The van der Waals surface area contributed by atoms with Gasteiger partial charge in [-0.1, -0.05) is 0 Å². The first-order chi connectivity index (χ1) is 11.7. The van der Waals surface area contributed by atoms with Crippen LogP contribution in [0.4, 0.5) is 5.69 Å². The highest BCUT2D eigenvalue weighted by Crippen LogP contribution is 2.24. The van der Waals surface area contributed by atoms with E-state index in [4.69, 9.17) is 0 Å². The first kappa shape index (κ1) is 20.0. The number of nitro benzene ring substituents is 1. The van der Waals surface area contributed by atoms with Crippen molar-refractivity contribution in [1.29, 1.82) is 0 Å². The number of likely N-dealkylation sites (tertiary alicyclic amines) is 1. The molecule has 1 aromatic carbocycles. The van der Waals surface area contributed by atoms with Gasteiger partial charge in [-0.05, 0) is 48.4 Å². The van der Waals surface area contributed by atoms with Crippen LogP contribution in [-0.4, -0.2) is 60.4 Å². The zero-order valence-electron chi connectivity index (χ0n) is 14.0. The van der Waals surface area contributed by atoms with Gasteiger partial charge in [0.05, 0.1) is 16.2 Å². The molecule has 2 rings (SSSR count). The molecule has 0 spiro atoms. The van der Waals surface area contributed by atoms with Gasteiger partial charge in [0.25, 0.3) is 11.6 Å². The Morgan fingerprint density at radius 1 is 1.40 bits per heavy atom. The fourth-order valence-corrected chi connectivity index (χ4v) is 4.46. The number of nitro groups is 1. The molecule has 0 unspecified atom stereocenters. The molecule has 10 heteroatoms. The van der Waals surface area contributed by atoms with Crippen LogP contribution in [0.5, 0.6) is 0 Å². The third-order valence-electron chi connectivity index (χ3n) is 4.46. The van der Waals surface area contributed by atoms with Gasteiger partial charge in [0.1, 0.15) is 0 Å². The SMILES string of the molecule is CCS(=O)(=O)N(C)C1CCN(C(=O)c2cc([N+](=O)[O-])ccc2I)CC1. The minimum absolute atomic E-state index is 0.0501. The quantitative estimate of drug-likeness (QED) is 0.364. The average molecular weight is 481 g/mol. The van der Waals surface area contributed by atoms with Crippen LogP contribution in [0.3, 0.4) is 0 Å². The molecule has 1 aromatic rings. The standard InChI is InChI=1S/C15H20IN3O5S/c1-3-25(23,24)17(2)11-6-8-18(9-7-11)15(20)13-10-12(19(21)22)4-5-14(13)16/h4-5,10-11H,3,6-9H2,1-2H3. The number of benzene rings is 1. The lowest BCUT2D eigenvalue weighted by Gasteiger charge is -2.36. The Labute approximate surface area is 160 Å².